The molecule has 2 aromatic rings. The van der Waals surface area contributed by atoms with Crippen molar-refractivity contribution >= 4 is 10.9 Å². The highest BCUT2D eigenvalue weighted by Crippen LogP contribution is 2.22. The van der Waals surface area contributed by atoms with E-state index in [4.69, 9.17) is 0 Å². The van der Waals surface area contributed by atoms with Crippen LogP contribution in [0.25, 0.3) is 10.9 Å². The van der Waals surface area contributed by atoms with Gasteiger partial charge in [0.05, 0.1) is 16.6 Å². The molecule has 0 amide bonds. The number of hydrogen-bond acceptors (Lipinski definition) is 2. The highest BCUT2D eigenvalue weighted by atomic mass is 19.2. The number of alkyl halides is 3. The van der Waals surface area contributed by atoms with Crippen molar-refractivity contribution in [2.75, 3.05) is 6.67 Å². The van der Waals surface area contributed by atoms with Crippen molar-refractivity contribution in [3.05, 3.63) is 35.5 Å². The number of halogens is 4. The largest absolute Gasteiger partial charge is 0.248 e. The monoisotopic (exact) mass is 272 g/mol. The lowest BCUT2D eigenvalue weighted by Crippen LogP contribution is -2.22. The second-order valence-electron chi connectivity index (χ2n) is 4.24. The number of benzene rings is 1. The molecule has 102 valence electrons. The molecule has 2 nitrogen and oxygen atoms in total. The fourth-order valence-corrected chi connectivity index (χ4v) is 1.90. The first-order valence-electron chi connectivity index (χ1n) is 5.78. The van der Waals surface area contributed by atoms with Crippen LogP contribution in [0.5, 0.6) is 0 Å². The fraction of sp³-hybridized carbons (Fsp3) is 0.385. The standard InChI is InChI=1S/C13H12F4N2/c1-7-18-11-4-2-3-8(15)13(11)12(19-7)5-9(16)10(17)6-14/h2-4,9-10H,5-6H2,1H3. The van der Waals surface area contributed by atoms with Crippen molar-refractivity contribution in [1.29, 1.82) is 0 Å². The van der Waals surface area contributed by atoms with Crippen LogP contribution in [-0.2, 0) is 6.42 Å². The number of aryl methyl sites for hydroxylation is 1. The maximum atomic E-state index is 13.7. The molecule has 0 saturated heterocycles. The SMILES string of the molecule is Cc1nc(CC(F)C(F)CF)c2c(F)cccc2n1. The van der Waals surface area contributed by atoms with Gasteiger partial charge in [0.15, 0.2) is 6.17 Å². The molecule has 0 spiro atoms. The molecule has 1 heterocycles. The van der Waals surface area contributed by atoms with Gasteiger partial charge in [-0.25, -0.2) is 27.5 Å². The summed E-state index contributed by atoms with van der Waals surface area (Å²) in [5.41, 5.74) is 0.384. The molecule has 0 N–H and O–H groups in total. The highest BCUT2D eigenvalue weighted by molar-refractivity contribution is 5.81. The first-order valence-corrected chi connectivity index (χ1v) is 5.78. The Balaban J connectivity index is 2.47. The predicted octanol–water partition coefficient (Wildman–Crippen LogP) is 3.27. The molecule has 0 aliphatic carbocycles. The Morgan fingerprint density at radius 2 is 1.89 bits per heavy atom. The van der Waals surface area contributed by atoms with Gasteiger partial charge in [0.25, 0.3) is 0 Å². The lowest BCUT2D eigenvalue weighted by Gasteiger charge is -2.12. The van der Waals surface area contributed by atoms with E-state index >= 15 is 0 Å². The normalized spacial score (nSPS) is 14.6. The summed E-state index contributed by atoms with van der Waals surface area (Å²) in [7, 11) is 0. The van der Waals surface area contributed by atoms with Gasteiger partial charge < -0.3 is 0 Å². The summed E-state index contributed by atoms with van der Waals surface area (Å²) in [6, 6.07) is 4.23. The zero-order chi connectivity index (χ0) is 14.0. The zero-order valence-corrected chi connectivity index (χ0v) is 10.2. The molecule has 0 bridgehead atoms. The van der Waals surface area contributed by atoms with Crippen molar-refractivity contribution in [3.63, 3.8) is 0 Å². The van der Waals surface area contributed by atoms with Crippen molar-refractivity contribution in [2.24, 2.45) is 0 Å². The van der Waals surface area contributed by atoms with Crippen LogP contribution < -0.4 is 0 Å². The quantitative estimate of drug-likeness (QED) is 0.798. The second kappa shape index (κ2) is 5.50. The molecule has 6 heteroatoms. The minimum absolute atomic E-state index is 0.0572. The molecule has 2 rings (SSSR count). The first kappa shape index (κ1) is 13.7. The molecule has 0 saturated carbocycles. The molecular weight excluding hydrogens is 260 g/mol. The van der Waals surface area contributed by atoms with Gasteiger partial charge >= 0.3 is 0 Å². The molecule has 0 aliphatic heterocycles. The van der Waals surface area contributed by atoms with E-state index in [2.05, 4.69) is 9.97 Å². The molecular formula is C13H12F4N2. The summed E-state index contributed by atoms with van der Waals surface area (Å²) < 4.78 is 52.2. The smallest absolute Gasteiger partial charge is 0.160 e. The van der Waals surface area contributed by atoms with Gasteiger partial charge in [-0.15, -0.1) is 0 Å². The van der Waals surface area contributed by atoms with E-state index in [9.17, 15) is 17.6 Å². The maximum absolute atomic E-state index is 13.7. The van der Waals surface area contributed by atoms with Gasteiger partial charge in [0.1, 0.15) is 24.5 Å². The Kier molecular flexibility index (Phi) is 3.97. The van der Waals surface area contributed by atoms with Gasteiger partial charge in [-0.05, 0) is 19.1 Å². The molecule has 1 aromatic heterocycles. The van der Waals surface area contributed by atoms with Gasteiger partial charge in [-0.1, -0.05) is 6.07 Å². The van der Waals surface area contributed by atoms with Gasteiger partial charge in [0.2, 0.25) is 0 Å². The molecule has 0 fully saturated rings. The van der Waals surface area contributed by atoms with Crippen molar-refractivity contribution in [1.82, 2.24) is 9.97 Å². The summed E-state index contributed by atoms with van der Waals surface area (Å²) in [6.07, 6.45) is -4.76. The maximum Gasteiger partial charge on any atom is 0.160 e. The Hall–Kier alpha value is -1.72. The van der Waals surface area contributed by atoms with Crippen LogP contribution in [0.2, 0.25) is 0 Å². The number of fused-ring (bicyclic) bond motifs is 1. The number of rotatable bonds is 4. The third kappa shape index (κ3) is 2.83. The van der Waals surface area contributed by atoms with Crippen LogP contribution in [-0.4, -0.2) is 29.0 Å². The van der Waals surface area contributed by atoms with Gasteiger partial charge in [-0.2, -0.15) is 0 Å². The van der Waals surface area contributed by atoms with E-state index in [0.717, 1.165) is 0 Å². The number of hydrogen-bond donors (Lipinski definition) is 0. The molecule has 19 heavy (non-hydrogen) atoms. The van der Waals surface area contributed by atoms with Crippen molar-refractivity contribution in [2.45, 2.75) is 25.7 Å². The Bertz CT molecular complexity index is 588. The highest BCUT2D eigenvalue weighted by Gasteiger charge is 2.23. The lowest BCUT2D eigenvalue weighted by atomic mass is 10.1. The van der Waals surface area contributed by atoms with Crippen LogP contribution in [0.15, 0.2) is 18.2 Å². The zero-order valence-electron chi connectivity index (χ0n) is 10.2. The topological polar surface area (TPSA) is 25.8 Å². The van der Waals surface area contributed by atoms with Crippen LogP contribution in [0.1, 0.15) is 11.5 Å². The van der Waals surface area contributed by atoms with E-state index in [-0.39, 0.29) is 11.1 Å². The molecule has 1 aromatic carbocycles. The molecule has 2 atom stereocenters. The van der Waals surface area contributed by atoms with Crippen LogP contribution >= 0.6 is 0 Å². The van der Waals surface area contributed by atoms with Gasteiger partial charge in [-0.3, -0.25) is 0 Å². The summed E-state index contributed by atoms with van der Waals surface area (Å²) in [4.78, 5) is 7.97. The third-order valence-corrected chi connectivity index (χ3v) is 2.79. The van der Waals surface area contributed by atoms with E-state index in [0.29, 0.717) is 11.3 Å². The van der Waals surface area contributed by atoms with Crippen LogP contribution in [0.3, 0.4) is 0 Å². The van der Waals surface area contributed by atoms with E-state index in [1.807, 2.05) is 0 Å². The average Bonchev–Trinajstić information content (AvgIpc) is 2.37. The van der Waals surface area contributed by atoms with E-state index in [1.165, 1.54) is 12.1 Å². The van der Waals surface area contributed by atoms with Crippen molar-refractivity contribution in [3.8, 4) is 0 Å². The minimum atomic E-state index is -2.22. The summed E-state index contributed by atoms with van der Waals surface area (Å²) >= 11 is 0. The number of nitrogens with zero attached hydrogens (tertiary/aromatic N) is 2. The summed E-state index contributed by atoms with van der Waals surface area (Å²) in [5, 5.41) is 0.0572. The Labute approximate surface area is 107 Å². The summed E-state index contributed by atoms with van der Waals surface area (Å²) in [5.74, 6) is -0.272. The van der Waals surface area contributed by atoms with E-state index < -0.39 is 31.3 Å². The third-order valence-electron chi connectivity index (χ3n) is 2.79. The molecule has 0 radical (unpaired) electrons. The average molecular weight is 272 g/mol. The summed E-state index contributed by atoms with van der Waals surface area (Å²) in [6.45, 7) is 0.162. The number of aromatic nitrogens is 2. The first-order chi connectivity index (χ1) is 9.02. The minimum Gasteiger partial charge on any atom is -0.248 e. The fourth-order valence-electron chi connectivity index (χ4n) is 1.90. The second-order valence-corrected chi connectivity index (χ2v) is 4.24. The van der Waals surface area contributed by atoms with Crippen molar-refractivity contribution < 1.29 is 17.6 Å². The van der Waals surface area contributed by atoms with E-state index in [1.54, 1.807) is 13.0 Å². The molecule has 2 unspecified atom stereocenters. The molecule has 0 aliphatic rings. The van der Waals surface area contributed by atoms with Crippen LogP contribution in [0.4, 0.5) is 17.6 Å². The lowest BCUT2D eigenvalue weighted by molar-refractivity contribution is 0.136. The van der Waals surface area contributed by atoms with Crippen LogP contribution in [0, 0.1) is 12.7 Å². The van der Waals surface area contributed by atoms with Gasteiger partial charge in [0, 0.05) is 6.42 Å². The Morgan fingerprint density at radius 1 is 1.16 bits per heavy atom. The predicted molar refractivity (Wildman–Crippen MR) is 63.7 cm³/mol. The Morgan fingerprint density at radius 3 is 2.58 bits per heavy atom.